The van der Waals surface area contributed by atoms with Crippen LogP contribution in [0.15, 0.2) is 91.1 Å². The van der Waals surface area contributed by atoms with E-state index >= 15 is 0 Å². The van der Waals surface area contributed by atoms with E-state index in [0.717, 1.165) is 45.3 Å². The second-order valence-corrected chi connectivity index (χ2v) is 17.5. The lowest BCUT2D eigenvalue weighted by molar-refractivity contribution is 0.0687. The van der Waals surface area contributed by atoms with Crippen LogP contribution in [0.5, 0.6) is 11.6 Å². The summed E-state index contributed by atoms with van der Waals surface area (Å²) in [6.07, 6.45) is 1.67. The minimum Gasteiger partial charge on any atom is -0.497 e. The SMILES string of the molecule is COc1ccc(-c2c(Nc3cnn(COCC[Si](C)(C)C)n3)nc3c(-c4ccccc4)c(-c4ccccc4)nn3c2OC)cc1. The average molecular weight is 620 g/mol. The van der Waals surface area contributed by atoms with Crippen molar-refractivity contribution in [2.24, 2.45) is 0 Å². The predicted octanol–water partition coefficient (Wildman–Crippen LogP) is 7.39. The van der Waals surface area contributed by atoms with Crippen molar-refractivity contribution in [1.29, 1.82) is 0 Å². The van der Waals surface area contributed by atoms with Gasteiger partial charge in [0.1, 0.15) is 17.3 Å². The maximum atomic E-state index is 6.12. The first-order valence-corrected chi connectivity index (χ1v) is 18.6. The Morgan fingerprint density at radius 1 is 0.756 bits per heavy atom. The van der Waals surface area contributed by atoms with Crippen LogP contribution in [0.1, 0.15) is 0 Å². The summed E-state index contributed by atoms with van der Waals surface area (Å²) in [5, 5.41) is 17.6. The number of aromatic nitrogens is 6. The van der Waals surface area contributed by atoms with Gasteiger partial charge < -0.3 is 19.5 Å². The lowest BCUT2D eigenvalue weighted by Crippen LogP contribution is -2.22. The Labute approximate surface area is 263 Å². The fourth-order valence-corrected chi connectivity index (χ4v) is 5.81. The van der Waals surface area contributed by atoms with E-state index < -0.39 is 8.07 Å². The Morgan fingerprint density at radius 3 is 2.07 bits per heavy atom. The third-order valence-corrected chi connectivity index (χ3v) is 9.09. The third-order valence-electron chi connectivity index (χ3n) is 7.39. The summed E-state index contributed by atoms with van der Waals surface area (Å²) in [5.41, 5.74) is 5.88. The van der Waals surface area contributed by atoms with Gasteiger partial charge in [0.15, 0.2) is 18.2 Å². The molecule has 0 aliphatic carbocycles. The first kappa shape index (κ1) is 30.0. The highest BCUT2D eigenvalue weighted by molar-refractivity contribution is 6.76. The first-order chi connectivity index (χ1) is 21.8. The molecule has 45 heavy (non-hydrogen) atoms. The van der Waals surface area contributed by atoms with Crippen LogP contribution in [0, 0.1) is 0 Å². The number of nitrogens with zero attached hydrogens (tertiary/aromatic N) is 6. The van der Waals surface area contributed by atoms with Gasteiger partial charge in [-0.15, -0.1) is 5.10 Å². The Kier molecular flexibility index (Phi) is 8.63. The van der Waals surface area contributed by atoms with Crippen LogP contribution in [0.3, 0.4) is 0 Å². The molecule has 3 heterocycles. The van der Waals surface area contributed by atoms with Gasteiger partial charge in [0.05, 0.1) is 31.5 Å². The van der Waals surface area contributed by atoms with Crippen LogP contribution < -0.4 is 14.8 Å². The Morgan fingerprint density at radius 2 is 1.42 bits per heavy atom. The van der Waals surface area contributed by atoms with Gasteiger partial charge in [-0.3, -0.25) is 0 Å². The minimum atomic E-state index is -1.19. The largest absolute Gasteiger partial charge is 0.497 e. The van der Waals surface area contributed by atoms with Crippen molar-refractivity contribution in [3.8, 4) is 45.1 Å². The van der Waals surface area contributed by atoms with Gasteiger partial charge in [0.2, 0.25) is 5.88 Å². The quantitative estimate of drug-likeness (QED) is 0.112. The Balaban J connectivity index is 1.49. The smallest absolute Gasteiger partial charge is 0.228 e. The molecule has 0 bridgehead atoms. The van der Waals surface area contributed by atoms with E-state index in [1.165, 1.54) is 4.80 Å². The summed E-state index contributed by atoms with van der Waals surface area (Å²) in [6, 6.07) is 29.1. The molecule has 6 rings (SSSR count). The molecule has 10 nitrogen and oxygen atoms in total. The molecule has 0 fully saturated rings. The average Bonchev–Trinajstić information content (AvgIpc) is 3.67. The second-order valence-electron chi connectivity index (χ2n) is 11.8. The molecule has 0 unspecified atom stereocenters. The molecule has 0 saturated heterocycles. The fourth-order valence-electron chi connectivity index (χ4n) is 5.05. The van der Waals surface area contributed by atoms with E-state index in [-0.39, 0.29) is 6.73 Å². The molecule has 0 atom stereocenters. The van der Waals surface area contributed by atoms with Gasteiger partial charge in [0.25, 0.3) is 0 Å². The third kappa shape index (κ3) is 6.59. The molecular weight excluding hydrogens is 583 g/mol. The summed E-state index contributed by atoms with van der Waals surface area (Å²) in [4.78, 5) is 6.75. The zero-order valence-electron chi connectivity index (χ0n) is 26.2. The van der Waals surface area contributed by atoms with Crippen molar-refractivity contribution < 1.29 is 14.2 Å². The Hall–Kier alpha value is -5.00. The highest BCUT2D eigenvalue weighted by Gasteiger charge is 2.26. The molecular formula is C34H37N7O3Si. The molecule has 3 aromatic heterocycles. The van der Waals surface area contributed by atoms with Crippen molar-refractivity contribution in [2.75, 3.05) is 26.1 Å². The molecule has 3 aromatic carbocycles. The van der Waals surface area contributed by atoms with Gasteiger partial charge in [-0.1, -0.05) is 92.4 Å². The van der Waals surface area contributed by atoms with Crippen molar-refractivity contribution in [1.82, 2.24) is 29.6 Å². The lowest BCUT2D eigenvalue weighted by Gasteiger charge is -2.16. The maximum Gasteiger partial charge on any atom is 0.228 e. The Bertz CT molecular complexity index is 1880. The van der Waals surface area contributed by atoms with Crippen molar-refractivity contribution in [2.45, 2.75) is 32.4 Å². The second kappa shape index (κ2) is 12.9. The van der Waals surface area contributed by atoms with Crippen LogP contribution >= 0.6 is 0 Å². The summed E-state index contributed by atoms with van der Waals surface area (Å²) in [5.74, 6) is 2.35. The normalized spacial score (nSPS) is 11.6. The number of nitrogens with one attached hydrogen (secondary N) is 1. The lowest BCUT2D eigenvalue weighted by atomic mass is 10.0. The van der Waals surface area contributed by atoms with E-state index in [1.807, 2.05) is 72.8 Å². The molecule has 1 N–H and O–H groups in total. The number of anilines is 2. The van der Waals surface area contributed by atoms with Crippen LogP contribution in [0.4, 0.5) is 11.6 Å². The van der Waals surface area contributed by atoms with Gasteiger partial charge in [0, 0.05) is 20.2 Å². The number of benzene rings is 3. The van der Waals surface area contributed by atoms with Gasteiger partial charge in [-0.25, -0.2) is 4.98 Å². The summed E-state index contributed by atoms with van der Waals surface area (Å²) < 4.78 is 19.2. The molecule has 230 valence electrons. The van der Waals surface area contributed by atoms with Crippen molar-refractivity contribution in [3.05, 3.63) is 91.1 Å². The van der Waals surface area contributed by atoms with Gasteiger partial charge in [-0.2, -0.15) is 19.5 Å². The number of hydrogen-bond acceptors (Lipinski definition) is 8. The summed E-state index contributed by atoms with van der Waals surface area (Å²) >= 11 is 0. The number of fused-ring (bicyclic) bond motifs is 1. The molecule has 11 heteroatoms. The topological polar surface area (TPSA) is 101 Å². The number of hydrogen-bond donors (Lipinski definition) is 1. The highest BCUT2D eigenvalue weighted by Crippen LogP contribution is 2.42. The first-order valence-electron chi connectivity index (χ1n) is 14.9. The van der Waals surface area contributed by atoms with E-state index in [9.17, 15) is 0 Å². The predicted molar refractivity (Wildman–Crippen MR) is 180 cm³/mol. The highest BCUT2D eigenvalue weighted by atomic mass is 28.3. The molecule has 6 aromatic rings. The van der Waals surface area contributed by atoms with Crippen LogP contribution in [-0.2, 0) is 11.5 Å². The van der Waals surface area contributed by atoms with E-state index in [4.69, 9.17) is 24.3 Å². The number of ether oxygens (including phenoxy) is 3. The monoisotopic (exact) mass is 619 g/mol. The number of methoxy groups -OCH3 is 2. The van der Waals surface area contributed by atoms with Crippen LogP contribution in [-0.4, -0.2) is 58.5 Å². The number of rotatable bonds is 12. The molecule has 0 saturated carbocycles. The minimum absolute atomic E-state index is 0.272. The zero-order valence-corrected chi connectivity index (χ0v) is 27.2. The maximum absolute atomic E-state index is 6.12. The summed E-state index contributed by atoms with van der Waals surface area (Å²) in [7, 11) is 2.10. The standard InChI is InChI=1S/C34H37N7O3Si/c1-42-27-18-16-25(17-19-27)30-32(36-28-22-35-40(38-28)23-44-20-21-45(3,4)5)37-33-29(24-12-8-6-9-13-24)31(26-14-10-7-11-15-26)39-41(33)34(30)43-2/h6-19,22H,20-21,23H2,1-5H3,(H,36,37,38). The molecule has 0 spiro atoms. The van der Waals surface area contributed by atoms with Crippen molar-refractivity contribution >= 4 is 25.4 Å². The van der Waals surface area contributed by atoms with Crippen molar-refractivity contribution in [3.63, 3.8) is 0 Å². The molecule has 0 radical (unpaired) electrons. The van der Waals surface area contributed by atoms with Gasteiger partial charge >= 0.3 is 0 Å². The van der Waals surface area contributed by atoms with E-state index in [1.54, 1.807) is 24.9 Å². The van der Waals surface area contributed by atoms with E-state index in [2.05, 4.69) is 47.3 Å². The van der Waals surface area contributed by atoms with Gasteiger partial charge in [-0.05, 0) is 29.3 Å². The van der Waals surface area contributed by atoms with Crippen LogP contribution in [0.25, 0.3) is 39.2 Å². The molecule has 0 aliphatic heterocycles. The molecule has 0 aliphatic rings. The summed E-state index contributed by atoms with van der Waals surface area (Å²) in [6.45, 7) is 7.94. The molecule has 0 amide bonds. The zero-order chi connectivity index (χ0) is 31.4. The fraction of sp³-hybridized carbons (Fsp3) is 0.235. The van der Waals surface area contributed by atoms with E-state index in [0.29, 0.717) is 29.8 Å². The van der Waals surface area contributed by atoms with Crippen LogP contribution in [0.2, 0.25) is 25.7 Å².